The van der Waals surface area contributed by atoms with Gasteiger partial charge >= 0.3 is 11.9 Å². The summed E-state index contributed by atoms with van der Waals surface area (Å²) >= 11 is 0. The number of carboxylic acids is 1. The van der Waals surface area contributed by atoms with Crippen LogP contribution in [0.25, 0.3) is 0 Å². The highest BCUT2D eigenvalue weighted by atomic mass is 16.6. The number of hydrogen-bond donors (Lipinski definition) is 0. The van der Waals surface area contributed by atoms with Gasteiger partial charge in [-0.25, -0.2) is 0 Å². The van der Waals surface area contributed by atoms with Gasteiger partial charge in [-0.3, -0.25) is 9.59 Å². The second kappa shape index (κ2) is 41.0. The van der Waals surface area contributed by atoms with Gasteiger partial charge in [-0.05, 0) is 64.2 Å². The van der Waals surface area contributed by atoms with Crippen LogP contribution in [-0.4, -0.2) is 75.5 Å². The number of quaternary nitrogens is 1. The van der Waals surface area contributed by atoms with Crippen LogP contribution < -0.4 is 5.11 Å². The third-order valence-electron chi connectivity index (χ3n) is 10.4. The zero-order valence-corrected chi connectivity index (χ0v) is 38.2. The van der Waals surface area contributed by atoms with E-state index in [-0.39, 0.29) is 42.7 Å². The molecule has 0 saturated carbocycles. The Hall–Kier alpha value is -2.71. The molecule has 0 aromatic heterocycles. The fourth-order valence-electron chi connectivity index (χ4n) is 6.77. The first kappa shape index (κ1) is 55.3. The van der Waals surface area contributed by atoms with Crippen molar-refractivity contribution in [1.82, 2.24) is 0 Å². The molecule has 0 saturated heterocycles. The van der Waals surface area contributed by atoms with Crippen LogP contribution in [0, 0.1) is 0 Å². The van der Waals surface area contributed by atoms with Crippen molar-refractivity contribution in [3.63, 3.8) is 0 Å². The standard InChI is InChI=1S/C50H89NO7/c1-6-8-10-12-14-16-18-19-20-21-22-23-24-25-26-27-28-29-31-33-35-37-39-41-49(53)58-46(44-56-43-42-47(50(54)55)51(3,4)5)45-57-48(52)40-38-36-34-32-30-17-15-13-11-9-7-2/h8,10,13-16,19-20,46-47H,6-7,9,11-12,17-18,21-45H2,1-5H3/b10-8+,15-13+,16-14+,20-19+. The third-order valence-corrected chi connectivity index (χ3v) is 10.4. The van der Waals surface area contributed by atoms with Crippen molar-refractivity contribution < 1.29 is 38.2 Å². The molecule has 2 unspecified atom stereocenters. The van der Waals surface area contributed by atoms with Crippen LogP contribution in [-0.2, 0) is 28.6 Å². The summed E-state index contributed by atoms with van der Waals surface area (Å²) in [6.07, 6.45) is 48.6. The number of carbonyl (C=O) groups excluding carboxylic acids is 3. The van der Waals surface area contributed by atoms with E-state index in [9.17, 15) is 19.5 Å². The lowest BCUT2D eigenvalue weighted by molar-refractivity contribution is -0.889. The third kappa shape index (κ3) is 38.8. The molecule has 0 amide bonds. The van der Waals surface area contributed by atoms with E-state index < -0.39 is 18.1 Å². The van der Waals surface area contributed by atoms with E-state index in [0.29, 0.717) is 12.8 Å². The monoisotopic (exact) mass is 816 g/mol. The highest BCUT2D eigenvalue weighted by molar-refractivity contribution is 5.70. The number of carbonyl (C=O) groups is 3. The van der Waals surface area contributed by atoms with Crippen LogP contribution >= 0.6 is 0 Å². The minimum absolute atomic E-state index is 0.0382. The van der Waals surface area contributed by atoms with Gasteiger partial charge in [0.25, 0.3) is 0 Å². The van der Waals surface area contributed by atoms with Crippen LogP contribution in [0.4, 0.5) is 0 Å². The largest absolute Gasteiger partial charge is 0.544 e. The minimum atomic E-state index is -1.13. The zero-order chi connectivity index (χ0) is 42.8. The number of allylic oxidation sites excluding steroid dienone is 8. The zero-order valence-electron chi connectivity index (χ0n) is 38.2. The van der Waals surface area contributed by atoms with Crippen LogP contribution in [0.3, 0.4) is 0 Å². The normalized spacial score (nSPS) is 13.3. The minimum Gasteiger partial charge on any atom is -0.544 e. The Morgan fingerprint density at radius 1 is 0.534 bits per heavy atom. The number of rotatable bonds is 42. The number of nitrogens with zero attached hydrogens (tertiary/aromatic N) is 1. The Balaban J connectivity index is 4.20. The first-order valence-electron chi connectivity index (χ1n) is 23.7. The summed E-state index contributed by atoms with van der Waals surface area (Å²) in [5, 5.41) is 11.6. The molecule has 8 nitrogen and oxygen atoms in total. The Morgan fingerprint density at radius 3 is 1.45 bits per heavy atom. The van der Waals surface area contributed by atoms with Crippen LogP contribution in [0.5, 0.6) is 0 Å². The Labute approximate surface area is 356 Å². The molecule has 58 heavy (non-hydrogen) atoms. The highest BCUT2D eigenvalue weighted by Gasteiger charge is 2.25. The maximum Gasteiger partial charge on any atom is 0.306 e. The Kier molecular flexibility index (Phi) is 39.1. The van der Waals surface area contributed by atoms with Crippen molar-refractivity contribution in [2.45, 2.75) is 212 Å². The first-order valence-corrected chi connectivity index (χ1v) is 23.7. The molecule has 0 rings (SSSR count). The molecule has 8 heteroatoms. The van der Waals surface area contributed by atoms with Crippen molar-refractivity contribution in [2.75, 3.05) is 41.0 Å². The molecule has 0 N–H and O–H groups in total. The highest BCUT2D eigenvalue weighted by Crippen LogP contribution is 2.15. The van der Waals surface area contributed by atoms with E-state index in [1.165, 1.54) is 96.3 Å². The van der Waals surface area contributed by atoms with Gasteiger partial charge in [-0.2, -0.15) is 0 Å². The van der Waals surface area contributed by atoms with Crippen molar-refractivity contribution in [3.05, 3.63) is 48.6 Å². The van der Waals surface area contributed by atoms with Gasteiger partial charge in [0.2, 0.25) is 0 Å². The maximum absolute atomic E-state index is 12.7. The lowest BCUT2D eigenvalue weighted by Gasteiger charge is -2.34. The number of likely N-dealkylation sites (N-methyl/N-ethyl adjacent to an activating group) is 1. The van der Waals surface area contributed by atoms with Gasteiger partial charge in [0.15, 0.2) is 6.10 Å². The lowest BCUT2D eigenvalue weighted by atomic mass is 10.0. The smallest absolute Gasteiger partial charge is 0.306 e. The quantitative estimate of drug-likeness (QED) is 0.0262. The molecule has 0 bridgehead atoms. The summed E-state index contributed by atoms with van der Waals surface area (Å²) in [4.78, 5) is 36.9. The fraction of sp³-hybridized carbons (Fsp3) is 0.780. The fourth-order valence-corrected chi connectivity index (χ4v) is 6.77. The number of esters is 2. The number of hydrogen-bond acceptors (Lipinski definition) is 7. The van der Waals surface area contributed by atoms with Gasteiger partial charge in [-0.1, -0.05) is 165 Å². The van der Waals surface area contributed by atoms with Crippen molar-refractivity contribution in [1.29, 1.82) is 0 Å². The van der Waals surface area contributed by atoms with E-state index in [0.717, 1.165) is 70.6 Å². The molecule has 2 atom stereocenters. The lowest BCUT2D eigenvalue weighted by Crippen LogP contribution is -2.55. The van der Waals surface area contributed by atoms with Gasteiger partial charge < -0.3 is 28.6 Å². The summed E-state index contributed by atoms with van der Waals surface area (Å²) < 4.78 is 17.2. The average molecular weight is 816 g/mol. The van der Waals surface area contributed by atoms with Crippen molar-refractivity contribution in [3.8, 4) is 0 Å². The summed E-state index contributed by atoms with van der Waals surface area (Å²) in [7, 11) is 5.41. The Bertz CT molecular complexity index is 1090. The molecular formula is C50H89NO7. The molecule has 0 fully saturated rings. The van der Waals surface area contributed by atoms with E-state index >= 15 is 0 Å². The van der Waals surface area contributed by atoms with Gasteiger partial charge in [0, 0.05) is 19.3 Å². The summed E-state index contributed by atoms with van der Waals surface area (Å²) in [6.45, 7) is 4.51. The number of ether oxygens (including phenoxy) is 3. The predicted molar refractivity (Wildman–Crippen MR) is 240 cm³/mol. The topological polar surface area (TPSA) is 102 Å². The van der Waals surface area contributed by atoms with Crippen LogP contribution in [0.1, 0.15) is 200 Å². The molecule has 0 aromatic carbocycles. The molecular weight excluding hydrogens is 727 g/mol. The summed E-state index contributed by atoms with van der Waals surface area (Å²) in [5.41, 5.74) is 0. The van der Waals surface area contributed by atoms with E-state index in [1.807, 2.05) is 0 Å². The SMILES string of the molecule is CC/C=C/C/C=C/C/C=C/CCCCCCCCCCCCCCCC(=O)OC(COCCC(C(=O)[O-])[N+](C)(C)C)COC(=O)CCCCCCC/C=C/CCCC. The first-order chi connectivity index (χ1) is 28.1. The summed E-state index contributed by atoms with van der Waals surface area (Å²) in [6, 6.07) is -0.726. The van der Waals surface area contributed by atoms with Crippen molar-refractivity contribution >= 4 is 17.9 Å². The molecule has 0 aliphatic carbocycles. The molecule has 0 spiro atoms. The average Bonchev–Trinajstić information content (AvgIpc) is 3.18. The summed E-state index contributed by atoms with van der Waals surface area (Å²) in [5.74, 6) is -1.75. The van der Waals surface area contributed by atoms with E-state index in [1.54, 1.807) is 21.1 Å². The van der Waals surface area contributed by atoms with E-state index in [4.69, 9.17) is 14.2 Å². The Morgan fingerprint density at radius 2 is 0.966 bits per heavy atom. The predicted octanol–water partition coefficient (Wildman–Crippen LogP) is 11.9. The number of aliphatic carboxylic acids is 1. The molecule has 0 radical (unpaired) electrons. The molecule has 0 aromatic rings. The molecule has 0 heterocycles. The molecule has 0 aliphatic heterocycles. The van der Waals surface area contributed by atoms with Crippen LogP contribution in [0.2, 0.25) is 0 Å². The maximum atomic E-state index is 12.7. The van der Waals surface area contributed by atoms with Gasteiger partial charge in [-0.15, -0.1) is 0 Å². The van der Waals surface area contributed by atoms with E-state index in [2.05, 4.69) is 62.5 Å². The number of unbranched alkanes of at least 4 members (excludes halogenated alkanes) is 20. The number of carboxylic acid groups (broad SMARTS) is 1. The second-order valence-electron chi connectivity index (χ2n) is 17.0. The molecule has 0 aliphatic rings. The van der Waals surface area contributed by atoms with Gasteiger partial charge in [0.05, 0.1) is 40.3 Å². The second-order valence-corrected chi connectivity index (χ2v) is 17.0. The van der Waals surface area contributed by atoms with Crippen LogP contribution in [0.15, 0.2) is 48.6 Å². The van der Waals surface area contributed by atoms with Crippen molar-refractivity contribution in [2.24, 2.45) is 0 Å². The molecule has 336 valence electrons. The van der Waals surface area contributed by atoms with Gasteiger partial charge in [0.1, 0.15) is 12.6 Å².